The van der Waals surface area contributed by atoms with E-state index in [1.807, 2.05) is 30.3 Å². The van der Waals surface area contributed by atoms with Crippen LogP contribution in [0.15, 0.2) is 43.0 Å². The summed E-state index contributed by atoms with van der Waals surface area (Å²) in [4.78, 5) is 13.2. The molecule has 0 bridgehead atoms. The lowest BCUT2D eigenvalue weighted by Crippen LogP contribution is -2.55. The van der Waals surface area contributed by atoms with Gasteiger partial charge in [0.25, 0.3) is 0 Å². The molecule has 1 heterocycles. The van der Waals surface area contributed by atoms with Gasteiger partial charge in [0.05, 0.1) is 6.04 Å². The van der Waals surface area contributed by atoms with Crippen molar-refractivity contribution in [2.75, 3.05) is 6.54 Å². The minimum absolute atomic E-state index is 0.00151. The van der Waals surface area contributed by atoms with Crippen molar-refractivity contribution in [3.63, 3.8) is 0 Å². The molecule has 1 aliphatic rings. The standard InChI is InChI=1S/C12H12ClNO/c1-2-8-14-11(10(13)12(14)15)9-6-4-3-5-7-9/h2-7,10-11H,1,8H2/t10-,11-/m0/s1. The van der Waals surface area contributed by atoms with Crippen molar-refractivity contribution in [1.29, 1.82) is 0 Å². The van der Waals surface area contributed by atoms with E-state index in [2.05, 4.69) is 6.58 Å². The van der Waals surface area contributed by atoms with Gasteiger partial charge in [-0.05, 0) is 5.56 Å². The monoisotopic (exact) mass is 221 g/mol. The second kappa shape index (κ2) is 4.07. The van der Waals surface area contributed by atoms with E-state index in [0.29, 0.717) is 6.54 Å². The number of rotatable bonds is 3. The van der Waals surface area contributed by atoms with E-state index in [4.69, 9.17) is 11.6 Å². The average molecular weight is 222 g/mol. The van der Waals surface area contributed by atoms with Crippen LogP contribution in [0.5, 0.6) is 0 Å². The lowest BCUT2D eigenvalue weighted by Gasteiger charge is -2.44. The van der Waals surface area contributed by atoms with Crippen molar-refractivity contribution >= 4 is 17.5 Å². The van der Waals surface area contributed by atoms with Gasteiger partial charge in [-0.3, -0.25) is 4.79 Å². The number of hydrogen-bond acceptors (Lipinski definition) is 1. The normalized spacial score (nSPS) is 24.9. The lowest BCUT2D eigenvalue weighted by molar-refractivity contribution is -0.144. The zero-order valence-corrected chi connectivity index (χ0v) is 9.02. The minimum atomic E-state index is -0.424. The van der Waals surface area contributed by atoms with Crippen LogP contribution >= 0.6 is 11.6 Å². The maximum atomic E-state index is 11.5. The van der Waals surface area contributed by atoms with Crippen LogP contribution < -0.4 is 0 Å². The third-order valence-corrected chi connectivity index (χ3v) is 3.02. The van der Waals surface area contributed by atoms with E-state index in [1.165, 1.54) is 0 Å². The third kappa shape index (κ3) is 1.65. The van der Waals surface area contributed by atoms with Crippen molar-refractivity contribution in [3.8, 4) is 0 Å². The summed E-state index contributed by atoms with van der Waals surface area (Å²) in [6.07, 6.45) is 1.72. The van der Waals surface area contributed by atoms with Crippen molar-refractivity contribution < 1.29 is 4.79 Å². The van der Waals surface area contributed by atoms with E-state index >= 15 is 0 Å². The number of amides is 1. The van der Waals surface area contributed by atoms with Crippen molar-refractivity contribution in [2.45, 2.75) is 11.4 Å². The molecule has 2 atom stereocenters. The maximum Gasteiger partial charge on any atom is 0.243 e. The summed E-state index contributed by atoms with van der Waals surface area (Å²) in [6.45, 7) is 4.19. The summed E-state index contributed by atoms with van der Waals surface area (Å²) in [5, 5.41) is -0.424. The predicted molar refractivity (Wildman–Crippen MR) is 60.7 cm³/mol. The van der Waals surface area contributed by atoms with Gasteiger partial charge in [0.2, 0.25) is 5.91 Å². The molecule has 2 rings (SSSR count). The second-order valence-corrected chi connectivity index (χ2v) is 4.01. The van der Waals surface area contributed by atoms with Crippen LogP contribution in [0.3, 0.4) is 0 Å². The summed E-state index contributed by atoms with van der Waals surface area (Å²) in [6, 6.07) is 9.83. The van der Waals surface area contributed by atoms with E-state index in [0.717, 1.165) is 5.56 Å². The fourth-order valence-corrected chi connectivity index (χ4v) is 2.25. The van der Waals surface area contributed by atoms with Gasteiger partial charge >= 0.3 is 0 Å². The summed E-state index contributed by atoms with van der Waals surface area (Å²) in [7, 11) is 0. The summed E-state index contributed by atoms with van der Waals surface area (Å²) in [5.74, 6) is -0.00887. The van der Waals surface area contributed by atoms with E-state index in [9.17, 15) is 4.79 Å². The predicted octanol–water partition coefficient (Wildman–Crippen LogP) is 2.36. The lowest BCUT2D eigenvalue weighted by atomic mass is 9.93. The van der Waals surface area contributed by atoms with Crippen LogP contribution in [-0.2, 0) is 4.79 Å². The molecule has 0 saturated carbocycles. The first-order valence-electron chi connectivity index (χ1n) is 4.86. The molecule has 1 saturated heterocycles. The van der Waals surface area contributed by atoms with Crippen LogP contribution in [0, 0.1) is 0 Å². The number of nitrogens with zero attached hydrogens (tertiary/aromatic N) is 1. The Hall–Kier alpha value is -1.28. The number of β-lactam (4-membered cyclic amide) rings is 1. The minimum Gasteiger partial charge on any atom is -0.329 e. The molecule has 1 amide bonds. The average Bonchev–Trinajstić information content (AvgIpc) is 2.29. The van der Waals surface area contributed by atoms with Crippen molar-refractivity contribution in [2.24, 2.45) is 0 Å². The van der Waals surface area contributed by atoms with Crippen molar-refractivity contribution in [3.05, 3.63) is 48.6 Å². The molecular formula is C12H12ClNO. The molecule has 1 aliphatic heterocycles. The smallest absolute Gasteiger partial charge is 0.243 e. The number of carbonyl (C=O) groups is 1. The molecule has 78 valence electrons. The number of benzene rings is 1. The fraction of sp³-hybridized carbons (Fsp3) is 0.250. The molecule has 2 nitrogen and oxygen atoms in total. The van der Waals surface area contributed by atoms with Gasteiger partial charge in [-0.2, -0.15) is 0 Å². The molecule has 3 heteroatoms. The van der Waals surface area contributed by atoms with Gasteiger partial charge in [-0.15, -0.1) is 18.2 Å². The Kier molecular flexibility index (Phi) is 2.78. The zero-order chi connectivity index (χ0) is 10.8. The van der Waals surface area contributed by atoms with Crippen LogP contribution in [0.4, 0.5) is 0 Å². The molecular weight excluding hydrogens is 210 g/mol. The Morgan fingerprint density at radius 2 is 2.07 bits per heavy atom. The van der Waals surface area contributed by atoms with E-state index in [-0.39, 0.29) is 11.9 Å². The number of likely N-dealkylation sites (tertiary alicyclic amines) is 1. The van der Waals surface area contributed by atoms with Gasteiger partial charge in [-0.1, -0.05) is 36.4 Å². The van der Waals surface area contributed by atoms with Crippen molar-refractivity contribution in [1.82, 2.24) is 4.90 Å². The van der Waals surface area contributed by atoms with E-state index in [1.54, 1.807) is 11.0 Å². The Bertz CT molecular complexity index is 376. The Morgan fingerprint density at radius 1 is 1.40 bits per heavy atom. The number of alkyl halides is 1. The molecule has 15 heavy (non-hydrogen) atoms. The maximum absolute atomic E-state index is 11.5. The second-order valence-electron chi connectivity index (χ2n) is 3.54. The molecule has 0 spiro atoms. The quantitative estimate of drug-likeness (QED) is 0.436. The highest BCUT2D eigenvalue weighted by molar-refractivity contribution is 6.33. The number of halogens is 1. The first kappa shape index (κ1) is 10.2. The SMILES string of the molecule is C=CCN1C(=O)[C@@H](Cl)[C@@H]1c1ccccc1. The van der Waals surface area contributed by atoms with Gasteiger partial charge in [0.15, 0.2) is 0 Å². The molecule has 1 fully saturated rings. The number of hydrogen-bond donors (Lipinski definition) is 0. The highest BCUT2D eigenvalue weighted by atomic mass is 35.5. The molecule has 1 aromatic carbocycles. The highest BCUT2D eigenvalue weighted by Gasteiger charge is 2.45. The molecule has 0 unspecified atom stereocenters. The van der Waals surface area contributed by atoms with Crippen LogP contribution in [0.1, 0.15) is 11.6 Å². The zero-order valence-electron chi connectivity index (χ0n) is 8.27. The Labute approximate surface area is 94.2 Å². The Balaban J connectivity index is 2.22. The fourth-order valence-electron chi connectivity index (χ4n) is 1.85. The summed E-state index contributed by atoms with van der Waals surface area (Å²) < 4.78 is 0. The topological polar surface area (TPSA) is 20.3 Å². The van der Waals surface area contributed by atoms with Crippen LogP contribution in [0.2, 0.25) is 0 Å². The van der Waals surface area contributed by atoms with Gasteiger partial charge in [0, 0.05) is 6.54 Å². The largest absolute Gasteiger partial charge is 0.329 e. The summed E-state index contributed by atoms with van der Waals surface area (Å²) in [5.41, 5.74) is 1.08. The van der Waals surface area contributed by atoms with Crippen LogP contribution in [-0.4, -0.2) is 22.7 Å². The van der Waals surface area contributed by atoms with Gasteiger partial charge < -0.3 is 4.90 Å². The molecule has 0 aromatic heterocycles. The molecule has 0 radical (unpaired) electrons. The third-order valence-electron chi connectivity index (χ3n) is 2.60. The van der Waals surface area contributed by atoms with Crippen LogP contribution in [0.25, 0.3) is 0 Å². The summed E-state index contributed by atoms with van der Waals surface area (Å²) >= 11 is 6.00. The highest BCUT2D eigenvalue weighted by Crippen LogP contribution is 2.38. The molecule has 1 aromatic rings. The Morgan fingerprint density at radius 3 is 2.67 bits per heavy atom. The van der Waals surface area contributed by atoms with Gasteiger partial charge in [0.1, 0.15) is 5.38 Å². The van der Waals surface area contributed by atoms with E-state index < -0.39 is 5.38 Å². The van der Waals surface area contributed by atoms with Gasteiger partial charge in [-0.25, -0.2) is 0 Å². The number of carbonyl (C=O) groups excluding carboxylic acids is 1. The molecule has 0 N–H and O–H groups in total. The molecule has 0 aliphatic carbocycles. The first-order valence-corrected chi connectivity index (χ1v) is 5.29. The first-order chi connectivity index (χ1) is 7.25.